The Morgan fingerprint density at radius 2 is 1.95 bits per heavy atom. The first-order chi connectivity index (χ1) is 8.90. The number of amides is 2. The number of hydrogen-bond donors (Lipinski definition) is 1. The van der Waals surface area contributed by atoms with E-state index < -0.39 is 11.9 Å². The molecule has 1 saturated carbocycles. The largest absolute Gasteiger partial charge is 0.481 e. The van der Waals surface area contributed by atoms with E-state index in [0.29, 0.717) is 19.0 Å². The Morgan fingerprint density at radius 3 is 2.37 bits per heavy atom. The molecule has 1 heterocycles. The molecule has 0 aromatic rings. The molecule has 0 aromatic carbocycles. The Balaban J connectivity index is 1.99. The van der Waals surface area contributed by atoms with Crippen molar-refractivity contribution in [1.29, 1.82) is 0 Å². The van der Waals surface area contributed by atoms with Crippen LogP contribution in [0.2, 0.25) is 0 Å². The molecule has 2 amide bonds. The molecule has 2 aliphatic rings. The van der Waals surface area contributed by atoms with Crippen molar-refractivity contribution in [2.75, 3.05) is 19.6 Å². The van der Waals surface area contributed by atoms with E-state index in [1.165, 1.54) is 12.8 Å². The van der Waals surface area contributed by atoms with Gasteiger partial charge in [-0.2, -0.15) is 0 Å². The first-order valence-corrected chi connectivity index (χ1v) is 7.18. The molecular formula is C14H24N2O3. The van der Waals surface area contributed by atoms with Crippen LogP contribution in [0.1, 0.15) is 33.6 Å². The van der Waals surface area contributed by atoms with E-state index in [1.54, 1.807) is 4.90 Å². The quantitative estimate of drug-likeness (QED) is 0.847. The van der Waals surface area contributed by atoms with Crippen molar-refractivity contribution < 1.29 is 14.7 Å². The fraction of sp³-hybridized carbons (Fsp3) is 0.857. The summed E-state index contributed by atoms with van der Waals surface area (Å²) in [6.45, 7) is 7.68. The summed E-state index contributed by atoms with van der Waals surface area (Å²) < 4.78 is 0. The maximum Gasteiger partial charge on any atom is 0.320 e. The summed E-state index contributed by atoms with van der Waals surface area (Å²) in [5, 5.41) is 9.13. The number of rotatable bonds is 4. The van der Waals surface area contributed by atoms with E-state index >= 15 is 0 Å². The molecule has 2 atom stereocenters. The molecular weight excluding hydrogens is 244 g/mol. The molecule has 0 radical (unpaired) electrons. The molecule has 2 fully saturated rings. The number of hydrogen-bond acceptors (Lipinski definition) is 2. The van der Waals surface area contributed by atoms with Crippen molar-refractivity contribution in [1.82, 2.24) is 9.80 Å². The maximum absolute atomic E-state index is 12.5. The highest BCUT2D eigenvalue weighted by molar-refractivity contribution is 5.78. The molecule has 0 aromatic heterocycles. The minimum Gasteiger partial charge on any atom is -0.481 e. The Hall–Kier alpha value is -1.26. The molecule has 0 spiro atoms. The van der Waals surface area contributed by atoms with Gasteiger partial charge in [0.05, 0.1) is 5.92 Å². The highest BCUT2D eigenvalue weighted by Crippen LogP contribution is 2.31. The summed E-state index contributed by atoms with van der Waals surface area (Å²) in [5.74, 6) is -0.516. The van der Waals surface area contributed by atoms with E-state index in [-0.39, 0.29) is 18.0 Å². The van der Waals surface area contributed by atoms with Crippen LogP contribution in [0.25, 0.3) is 0 Å². The van der Waals surface area contributed by atoms with Crippen LogP contribution in [0, 0.1) is 17.8 Å². The molecule has 0 bridgehead atoms. The zero-order chi connectivity index (χ0) is 14.2. The van der Waals surface area contributed by atoms with Crippen LogP contribution in [0.15, 0.2) is 0 Å². The van der Waals surface area contributed by atoms with Crippen LogP contribution in [0.4, 0.5) is 4.79 Å². The number of nitrogens with zero attached hydrogens (tertiary/aromatic N) is 2. The van der Waals surface area contributed by atoms with Crippen LogP contribution < -0.4 is 0 Å². The monoisotopic (exact) mass is 268 g/mol. The summed E-state index contributed by atoms with van der Waals surface area (Å²) in [4.78, 5) is 27.3. The molecule has 5 nitrogen and oxygen atoms in total. The van der Waals surface area contributed by atoms with Gasteiger partial charge in [0.25, 0.3) is 0 Å². The van der Waals surface area contributed by atoms with Crippen LogP contribution in [-0.2, 0) is 4.79 Å². The fourth-order valence-electron chi connectivity index (χ4n) is 2.71. The second kappa shape index (κ2) is 5.39. The Labute approximate surface area is 114 Å². The Kier molecular flexibility index (Phi) is 4.02. The predicted molar refractivity (Wildman–Crippen MR) is 71.8 cm³/mol. The summed E-state index contributed by atoms with van der Waals surface area (Å²) in [7, 11) is 0. The number of carbonyl (C=O) groups excluding carboxylic acids is 1. The predicted octanol–water partition coefficient (Wildman–Crippen LogP) is 1.88. The molecule has 2 rings (SSSR count). The summed E-state index contributed by atoms with van der Waals surface area (Å²) in [6, 6.07) is 0.185. The molecule has 5 heteroatoms. The normalized spacial score (nSPS) is 26.8. The number of aliphatic carboxylic acids is 1. The average Bonchev–Trinajstić information content (AvgIpc) is 3.05. The highest BCUT2D eigenvalue weighted by Gasteiger charge is 2.39. The first-order valence-electron chi connectivity index (χ1n) is 7.18. The SMILES string of the molecule is CC(C)N(CC1CC1)C(=O)N1C[C@@H](C)[C@H](C(=O)O)C1. The van der Waals surface area contributed by atoms with E-state index in [2.05, 4.69) is 0 Å². The highest BCUT2D eigenvalue weighted by atomic mass is 16.4. The van der Waals surface area contributed by atoms with Gasteiger partial charge in [0.2, 0.25) is 0 Å². The lowest BCUT2D eigenvalue weighted by Gasteiger charge is -2.31. The third-order valence-electron chi connectivity index (χ3n) is 4.22. The minimum atomic E-state index is -0.791. The maximum atomic E-state index is 12.5. The van der Waals surface area contributed by atoms with Gasteiger partial charge in [-0.05, 0) is 38.5 Å². The average molecular weight is 268 g/mol. The van der Waals surface area contributed by atoms with E-state index in [9.17, 15) is 9.59 Å². The van der Waals surface area contributed by atoms with Gasteiger partial charge in [0, 0.05) is 25.7 Å². The van der Waals surface area contributed by atoms with E-state index in [4.69, 9.17) is 5.11 Å². The second-order valence-corrected chi connectivity index (χ2v) is 6.30. The lowest BCUT2D eigenvalue weighted by molar-refractivity contribution is -0.142. The Bertz CT molecular complexity index is 366. The van der Waals surface area contributed by atoms with Crippen LogP contribution >= 0.6 is 0 Å². The van der Waals surface area contributed by atoms with Crippen molar-refractivity contribution >= 4 is 12.0 Å². The lowest BCUT2D eigenvalue weighted by Crippen LogP contribution is -2.46. The molecule has 1 N–H and O–H groups in total. The van der Waals surface area contributed by atoms with Gasteiger partial charge in [0.15, 0.2) is 0 Å². The molecule has 1 saturated heterocycles. The van der Waals surface area contributed by atoms with Gasteiger partial charge >= 0.3 is 12.0 Å². The second-order valence-electron chi connectivity index (χ2n) is 6.30. The molecule has 108 valence electrons. The fourth-order valence-corrected chi connectivity index (χ4v) is 2.71. The van der Waals surface area contributed by atoms with Gasteiger partial charge in [0.1, 0.15) is 0 Å². The standard InChI is InChI=1S/C14H24N2O3/c1-9(2)16(7-11-4-5-11)14(19)15-6-10(3)12(8-15)13(17)18/h9-12H,4-8H2,1-3H3,(H,17,18)/t10-,12-/m1/s1. The van der Waals surface area contributed by atoms with Gasteiger partial charge in [-0.1, -0.05) is 6.92 Å². The van der Waals surface area contributed by atoms with Gasteiger partial charge < -0.3 is 14.9 Å². The summed E-state index contributed by atoms with van der Waals surface area (Å²) in [6.07, 6.45) is 2.43. The number of carbonyl (C=O) groups is 2. The lowest BCUT2D eigenvalue weighted by atomic mass is 9.99. The molecule has 0 unspecified atom stereocenters. The van der Waals surface area contributed by atoms with Gasteiger partial charge in [-0.25, -0.2) is 4.79 Å². The third kappa shape index (κ3) is 3.19. The molecule has 1 aliphatic heterocycles. The van der Waals surface area contributed by atoms with Crippen LogP contribution in [0.5, 0.6) is 0 Å². The smallest absolute Gasteiger partial charge is 0.320 e. The van der Waals surface area contributed by atoms with E-state index in [1.807, 2.05) is 25.7 Å². The van der Waals surface area contributed by atoms with Crippen molar-refractivity contribution in [3.8, 4) is 0 Å². The summed E-state index contributed by atoms with van der Waals surface area (Å²) in [5.41, 5.74) is 0. The summed E-state index contributed by atoms with van der Waals surface area (Å²) >= 11 is 0. The molecule has 1 aliphatic carbocycles. The topological polar surface area (TPSA) is 60.9 Å². The van der Waals surface area contributed by atoms with Crippen LogP contribution in [0.3, 0.4) is 0 Å². The zero-order valence-corrected chi connectivity index (χ0v) is 12.0. The number of carboxylic acids is 1. The van der Waals surface area contributed by atoms with Gasteiger partial charge in [-0.15, -0.1) is 0 Å². The first kappa shape index (κ1) is 14.2. The third-order valence-corrected chi connectivity index (χ3v) is 4.22. The number of urea groups is 1. The van der Waals surface area contributed by atoms with Crippen molar-refractivity contribution in [3.05, 3.63) is 0 Å². The van der Waals surface area contributed by atoms with Gasteiger partial charge in [-0.3, -0.25) is 4.79 Å². The molecule has 19 heavy (non-hydrogen) atoms. The van der Waals surface area contributed by atoms with Crippen LogP contribution in [-0.4, -0.2) is 52.6 Å². The van der Waals surface area contributed by atoms with E-state index in [0.717, 1.165) is 6.54 Å². The number of likely N-dealkylation sites (tertiary alicyclic amines) is 1. The zero-order valence-electron chi connectivity index (χ0n) is 12.0. The van der Waals surface area contributed by atoms with Crippen molar-refractivity contribution in [3.63, 3.8) is 0 Å². The number of carboxylic acid groups (broad SMARTS) is 1. The minimum absolute atomic E-state index is 0.0116. The van der Waals surface area contributed by atoms with Crippen molar-refractivity contribution in [2.45, 2.75) is 39.7 Å². The van der Waals surface area contributed by atoms with Crippen molar-refractivity contribution in [2.24, 2.45) is 17.8 Å². The Morgan fingerprint density at radius 1 is 1.32 bits per heavy atom.